The maximum atomic E-state index is 2.59. The molecule has 6 aromatic carbocycles. The van der Waals surface area contributed by atoms with E-state index in [4.69, 9.17) is 0 Å². The van der Waals surface area contributed by atoms with Crippen LogP contribution in [0.5, 0.6) is 0 Å². The van der Waals surface area contributed by atoms with Crippen molar-refractivity contribution < 1.29 is 0 Å². The van der Waals surface area contributed by atoms with E-state index in [1.807, 2.05) is 11.8 Å². The summed E-state index contributed by atoms with van der Waals surface area (Å²) in [6.07, 6.45) is 8.25. The Morgan fingerprint density at radius 1 is 0.482 bits per heavy atom. The number of benzene rings is 6. The molecule has 12 rings (SSSR count). The van der Waals surface area contributed by atoms with E-state index in [2.05, 4.69) is 172 Å². The van der Waals surface area contributed by atoms with Crippen LogP contribution in [-0.4, -0.2) is 0 Å². The van der Waals surface area contributed by atoms with Gasteiger partial charge in [-0.05, 0) is 165 Å². The molecule has 6 atom stereocenters. The van der Waals surface area contributed by atoms with Gasteiger partial charge in [-0.2, -0.15) is 0 Å². The second kappa shape index (κ2) is 11.5. The molecule has 0 saturated heterocycles. The summed E-state index contributed by atoms with van der Waals surface area (Å²) in [5, 5.41) is 0. The lowest BCUT2D eigenvalue weighted by molar-refractivity contribution is -0.235. The molecule has 2 spiro atoms. The van der Waals surface area contributed by atoms with Crippen LogP contribution in [0.4, 0.5) is 17.1 Å². The van der Waals surface area contributed by atoms with Gasteiger partial charge >= 0.3 is 0 Å². The fraction of sp³-hybridized carbons (Fsp3) is 0.333. The molecule has 278 valence electrons. The highest BCUT2D eigenvalue weighted by atomic mass is 32.2. The van der Waals surface area contributed by atoms with Crippen LogP contribution in [-0.2, 0) is 16.2 Å². The average Bonchev–Trinajstić information content (AvgIpc) is 3.76. The third-order valence-corrected chi connectivity index (χ3v) is 17.4. The first-order valence-corrected chi connectivity index (χ1v) is 22.1. The van der Waals surface area contributed by atoms with E-state index in [0.29, 0.717) is 5.41 Å². The molecule has 0 N–H and O–H groups in total. The van der Waals surface area contributed by atoms with Crippen LogP contribution in [0.15, 0.2) is 149 Å². The summed E-state index contributed by atoms with van der Waals surface area (Å²) in [4.78, 5) is 5.50. The summed E-state index contributed by atoms with van der Waals surface area (Å²) in [5.74, 6) is 3.46. The first-order chi connectivity index (χ1) is 27.2. The summed E-state index contributed by atoms with van der Waals surface area (Å²) in [6.45, 7) is 9.77. The quantitative estimate of drug-likeness (QED) is 0.173. The van der Waals surface area contributed by atoms with Crippen LogP contribution in [0.25, 0.3) is 22.3 Å². The summed E-state index contributed by atoms with van der Waals surface area (Å²) >= 11 is 2.03. The Hall–Kier alpha value is -4.53. The molecule has 56 heavy (non-hydrogen) atoms. The van der Waals surface area contributed by atoms with Crippen molar-refractivity contribution in [3.8, 4) is 22.3 Å². The van der Waals surface area contributed by atoms with Crippen molar-refractivity contribution in [2.24, 2.45) is 29.1 Å². The van der Waals surface area contributed by atoms with Crippen molar-refractivity contribution in [3.05, 3.63) is 162 Å². The summed E-state index contributed by atoms with van der Waals surface area (Å²) < 4.78 is 0. The predicted octanol–water partition coefficient (Wildman–Crippen LogP) is 14.7. The van der Waals surface area contributed by atoms with Gasteiger partial charge in [-0.1, -0.05) is 137 Å². The van der Waals surface area contributed by atoms with Gasteiger partial charge in [0.1, 0.15) is 0 Å². The van der Waals surface area contributed by atoms with Gasteiger partial charge in [0.25, 0.3) is 0 Å². The molecule has 6 aromatic rings. The van der Waals surface area contributed by atoms with Crippen molar-refractivity contribution in [1.29, 1.82) is 0 Å². The van der Waals surface area contributed by atoms with Crippen LogP contribution in [0, 0.1) is 29.1 Å². The van der Waals surface area contributed by atoms with Crippen molar-refractivity contribution in [2.75, 3.05) is 4.90 Å². The van der Waals surface area contributed by atoms with E-state index >= 15 is 0 Å². The second-order valence-electron chi connectivity index (χ2n) is 19.7. The van der Waals surface area contributed by atoms with E-state index in [0.717, 1.165) is 23.7 Å². The maximum absolute atomic E-state index is 2.59. The molecule has 4 saturated carbocycles. The van der Waals surface area contributed by atoms with Crippen molar-refractivity contribution in [2.45, 2.75) is 92.3 Å². The van der Waals surface area contributed by atoms with Crippen LogP contribution in [0.1, 0.15) is 88.5 Å². The van der Waals surface area contributed by atoms with E-state index in [-0.39, 0.29) is 16.2 Å². The molecule has 0 aromatic heterocycles. The average molecular weight is 746 g/mol. The molecule has 2 bridgehead atoms. The number of rotatable bonds is 5. The minimum absolute atomic E-state index is 0.128. The number of nitrogens with zero attached hydrogens (tertiary/aromatic N) is 1. The normalized spacial score (nSPS) is 29.0. The molecule has 0 radical (unpaired) electrons. The predicted molar refractivity (Wildman–Crippen MR) is 233 cm³/mol. The van der Waals surface area contributed by atoms with Gasteiger partial charge in [-0.3, -0.25) is 0 Å². The van der Waals surface area contributed by atoms with Crippen LogP contribution in [0.3, 0.4) is 0 Å². The van der Waals surface area contributed by atoms with Crippen LogP contribution >= 0.6 is 11.8 Å². The molecule has 6 aliphatic rings. The van der Waals surface area contributed by atoms with Gasteiger partial charge in [0.05, 0.1) is 0 Å². The lowest BCUT2D eigenvalue weighted by Gasteiger charge is -2.78. The Kier molecular flexibility index (Phi) is 6.92. The lowest BCUT2D eigenvalue weighted by atomic mass is 9.26. The molecule has 1 heterocycles. The number of hydrogen-bond donors (Lipinski definition) is 0. The van der Waals surface area contributed by atoms with Gasteiger partial charge in [0.15, 0.2) is 0 Å². The van der Waals surface area contributed by atoms with Gasteiger partial charge in [-0.15, -0.1) is 0 Å². The second-order valence-corrected chi connectivity index (χ2v) is 20.7. The molecule has 4 fully saturated rings. The highest BCUT2D eigenvalue weighted by Crippen LogP contribution is 2.89. The Balaban J connectivity index is 1.03. The molecule has 2 heteroatoms. The topological polar surface area (TPSA) is 3.24 Å². The third kappa shape index (κ3) is 4.40. The van der Waals surface area contributed by atoms with E-state index in [9.17, 15) is 0 Å². The zero-order valence-corrected chi connectivity index (χ0v) is 34.0. The van der Waals surface area contributed by atoms with Gasteiger partial charge in [0, 0.05) is 32.3 Å². The molecular formula is C54H51NS. The Labute approximate surface area is 337 Å². The minimum Gasteiger partial charge on any atom is -0.310 e. The van der Waals surface area contributed by atoms with Crippen LogP contribution in [0.2, 0.25) is 0 Å². The van der Waals surface area contributed by atoms with E-state index < -0.39 is 0 Å². The summed E-state index contributed by atoms with van der Waals surface area (Å²) in [7, 11) is 0. The largest absolute Gasteiger partial charge is 0.310 e. The molecule has 5 aliphatic carbocycles. The zero-order valence-electron chi connectivity index (χ0n) is 33.2. The molecule has 0 amide bonds. The maximum Gasteiger partial charge on any atom is 0.0473 e. The molecule has 1 nitrogen and oxygen atoms in total. The Bertz CT molecular complexity index is 2550. The monoisotopic (exact) mass is 745 g/mol. The Morgan fingerprint density at radius 2 is 1.02 bits per heavy atom. The molecule has 1 aliphatic heterocycles. The SMILES string of the molecule is CC1(C)CCC(C)(C)c2cc(N(c3ccc(-c4ccccc4)cc3)c3ccc4c(c3)Sc3cc(-c5ccccc5)ccc3C43C4CC5CC6CC3C64C5)ccc21. The standard InChI is InChI=1S/C54H51NS/c1-51(2)25-26-52(3,4)46-31-41(20-23-43(46)51)55(40-18-15-37(16-19-40)35-11-7-5-8-12-35)42-21-24-45-48(32-42)56-47-29-38(36-13-9-6-10-14-36)17-22-44(47)54(45)49-28-34-27-39-30-50(54)53(39,49)33-34/h5-24,29,31-32,34,39,49-50H,25-28,30,33H2,1-4H3. The van der Waals surface area contributed by atoms with Crippen molar-refractivity contribution in [3.63, 3.8) is 0 Å². The van der Waals surface area contributed by atoms with E-state index in [1.54, 1.807) is 11.1 Å². The van der Waals surface area contributed by atoms with Gasteiger partial charge < -0.3 is 4.90 Å². The highest BCUT2D eigenvalue weighted by molar-refractivity contribution is 7.99. The first kappa shape index (κ1) is 33.6. The van der Waals surface area contributed by atoms with Crippen molar-refractivity contribution in [1.82, 2.24) is 0 Å². The van der Waals surface area contributed by atoms with E-state index in [1.165, 1.54) is 98.8 Å². The number of hydrogen-bond acceptors (Lipinski definition) is 2. The molecule has 6 unspecified atom stereocenters. The zero-order chi connectivity index (χ0) is 37.6. The number of fused-ring (bicyclic) bond motifs is 8. The lowest BCUT2D eigenvalue weighted by Crippen LogP contribution is -2.74. The first-order valence-electron chi connectivity index (χ1n) is 21.3. The summed E-state index contributed by atoms with van der Waals surface area (Å²) in [5.41, 5.74) is 16.2. The molecular weight excluding hydrogens is 695 g/mol. The van der Waals surface area contributed by atoms with Gasteiger partial charge in [0.2, 0.25) is 0 Å². The Morgan fingerprint density at radius 3 is 1.71 bits per heavy atom. The summed E-state index contributed by atoms with van der Waals surface area (Å²) in [6, 6.07) is 53.7. The minimum atomic E-state index is 0.128. The van der Waals surface area contributed by atoms with Gasteiger partial charge in [-0.25, -0.2) is 0 Å². The number of anilines is 3. The third-order valence-electron chi connectivity index (χ3n) is 16.3. The fourth-order valence-electron chi connectivity index (χ4n) is 13.7. The smallest absolute Gasteiger partial charge is 0.0473 e. The van der Waals surface area contributed by atoms with Crippen LogP contribution < -0.4 is 4.90 Å². The highest BCUT2D eigenvalue weighted by Gasteiger charge is 2.84. The van der Waals surface area contributed by atoms with Crippen molar-refractivity contribution >= 4 is 28.8 Å². The fourth-order valence-corrected chi connectivity index (χ4v) is 15.0.